The number of hydrogen-bond acceptors (Lipinski definition) is 3. The monoisotopic (exact) mass is 271 g/mol. The van der Waals surface area contributed by atoms with Crippen LogP contribution in [0.15, 0.2) is 36.5 Å². The van der Waals surface area contributed by atoms with Gasteiger partial charge in [0.05, 0.1) is 7.11 Å². The fourth-order valence-corrected chi connectivity index (χ4v) is 2.24. The molecule has 0 unspecified atom stereocenters. The second-order valence-corrected chi connectivity index (χ2v) is 4.62. The molecule has 1 aromatic carbocycles. The van der Waals surface area contributed by atoms with Crippen molar-refractivity contribution in [3.8, 4) is 17.0 Å². The van der Waals surface area contributed by atoms with E-state index >= 15 is 0 Å². The first-order valence-electron chi connectivity index (χ1n) is 6.18. The number of imidazole rings is 1. The summed E-state index contributed by atoms with van der Waals surface area (Å²) in [5, 5.41) is 0. The van der Waals surface area contributed by atoms with Crippen LogP contribution in [0, 0.1) is 12.7 Å². The van der Waals surface area contributed by atoms with Gasteiger partial charge in [-0.3, -0.25) is 4.40 Å². The highest BCUT2D eigenvalue weighted by molar-refractivity contribution is 5.79. The lowest BCUT2D eigenvalue weighted by molar-refractivity contribution is 0.416. The minimum atomic E-state index is -0.357. The Morgan fingerprint density at radius 1 is 1.25 bits per heavy atom. The van der Waals surface area contributed by atoms with Crippen LogP contribution in [0.4, 0.5) is 10.2 Å². The molecule has 0 aliphatic rings. The highest BCUT2D eigenvalue weighted by Gasteiger charge is 2.15. The van der Waals surface area contributed by atoms with Gasteiger partial charge in [-0.2, -0.15) is 0 Å². The first-order valence-corrected chi connectivity index (χ1v) is 6.18. The number of nitrogen functional groups attached to an aromatic ring is 1. The number of hydrogen-bond donors (Lipinski definition) is 1. The highest BCUT2D eigenvalue weighted by Crippen LogP contribution is 2.34. The van der Waals surface area contributed by atoms with Crippen molar-refractivity contribution in [2.45, 2.75) is 6.92 Å². The van der Waals surface area contributed by atoms with Crippen molar-refractivity contribution >= 4 is 11.5 Å². The Balaban J connectivity index is 2.29. The Kier molecular flexibility index (Phi) is 2.82. The van der Waals surface area contributed by atoms with Crippen LogP contribution in [0.25, 0.3) is 16.9 Å². The van der Waals surface area contributed by atoms with Gasteiger partial charge in [-0.25, -0.2) is 9.37 Å². The summed E-state index contributed by atoms with van der Waals surface area (Å²) in [6.07, 6.45) is 1.32. The number of nitrogens with two attached hydrogens (primary N) is 1. The van der Waals surface area contributed by atoms with Crippen LogP contribution in [-0.4, -0.2) is 16.5 Å². The van der Waals surface area contributed by atoms with E-state index in [-0.39, 0.29) is 5.82 Å². The first-order chi connectivity index (χ1) is 9.60. The Hall–Kier alpha value is -2.56. The molecule has 0 atom stereocenters. The van der Waals surface area contributed by atoms with Gasteiger partial charge in [0.2, 0.25) is 0 Å². The van der Waals surface area contributed by atoms with Gasteiger partial charge in [0.25, 0.3) is 0 Å². The second-order valence-electron chi connectivity index (χ2n) is 4.62. The van der Waals surface area contributed by atoms with E-state index in [4.69, 9.17) is 10.5 Å². The van der Waals surface area contributed by atoms with E-state index in [0.29, 0.717) is 22.9 Å². The Labute approximate surface area is 115 Å². The lowest BCUT2D eigenvalue weighted by atomic mass is 10.1. The molecule has 0 amide bonds. The molecule has 0 aliphatic heterocycles. The fraction of sp³-hybridized carbons (Fsp3) is 0.133. The van der Waals surface area contributed by atoms with Crippen LogP contribution in [0.3, 0.4) is 0 Å². The molecule has 0 saturated carbocycles. The van der Waals surface area contributed by atoms with E-state index < -0.39 is 0 Å². The summed E-state index contributed by atoms with van der Waals surface area (Å²) in [6, 6.07) is 8.73. The molecule has 2 N–H and O–H groups in total. The zero-order valence-corrected chi connectivity index (χ0v) is 11.2. The van der Waals surface area contributed by atoms with Gasteiger partial charge in [-0.1, -0.05) is 11.6 Å². The molecule has 20 heavy (non-hydrogen) atoms. The third-order valence-corrected chi connectivity index (χ3v) is 3.23. The summed E-state index contributed by atoms with van der Waals surface area (Å²) in [5.74, 6) is 0.721. The Morgan fingerprint density at radius 3 is 2.80 bits per heavy atom. The molecule has 0 fully saturated rings. The van der Waals surface area contributed by atoms with E-state index in [0.717, 1.165) is 11.1 Å². The van der Waals surface area contributed by atoms with Gasteiger partial charge in [-0.15, -0.1) is 0 Å². The second kappa shape index (κ2) is 4.52. The molecule has 5 heteroatoms. The molecule has 4 nitrogen and oxygen atoms in total. The maximum Gasteiger partial charge on any atom is 0.140 e. The molecule has 102 valence electrons. The van der Waals surface area contributed by atoms with Crippen LogP contribution < -0.4 is 10.5 Å². The quantitative estimate of drug-likeness (QED) is 0.779. The van der Waals surface area contributed by atoms with Crippen molar-refractivity contribution in [3.05, 3.63) is 47.9 Å². The summed E-state index contributed by atoms with van der Waals surface area (Å²) in [6.45, 7) is 1.98. The zero-order valence-electron chi connectivity index (χ0n) is 11.2. The lowest BCUT2D eigenvalue weighted by Crippen LogP contribution is -1.96. The number of halogens is 1. The lowest BCUT2D eigenvalue weighted by Gasteiger charge is -2.08. The number of anilines is 1. The standard InChI is InChI=1S/C15H14FN3O/c1-9-3-5-12(20-2)11(7-9)14-15(17)19-8-10(16)4-6-13(19)18-14/h3-8H,17H2,1-2H3. The number of pyridine rings is 1. The largest absolute Gasteiger partial charge is 0.496 e. The zero-order chi connectivity index (χ0) is 14.3. The number of benzene rings is 1. The normalized spacial score (nSPS) is 10.9. The summed E-state index contributed by atoms with van der Waals surface area (Å²) in [5.41, 5.74) is 9.16. The van der Waals surface area contributed by atoms with E-state index in [2.05, 4.69) is 4.98 Å². The van der Waals surface area contributed by atoms with Gasteiger partial charge in [-0.05, 0) is 31.2 Å². The molecule has 0 radical (unpaired) electrons. The van der Waals surface area contributed by atoms with Crippen LogP contribution in [0.5, 0.6) is 5.75 Å². The predicted octanol–water partition coefficient (Wildman–Crippen LogP) is 3.04. The van der Waals surface area contributed by atoms with E-state index in [1.54, 1.807) is 13.2 Å². The number of aromatic nitrogens is 2. The molecule has 3 aromatic rings. The minimum Gasteiger partial charge on any atom is -0.496 e. The Bertz CT molecular complexity index is 795. The number of fused-ring (bicyclic) bond motifs is 1. The van der Waals surface area contributed by atoms with Crippen LogP contribution >= 0.6 is 0 Å². The molecule has 0 aliphatic carbocycles. The average Bonchev–Trinajstić information content (AvgIpc) is 2.76. The van der Waals surface area contributed by atoms with Crippen LogP contribution in [0.2, 0.25) is 0 Å². The smallest absolute Gasteiger partial charge is 0.140 e. The third-order valence-electron chi connectivity index (χ3n) is 3.23. The molecule has 2 aromatic heterocycles. The fourth-order valence-electron chi connectivity index (χ4n) is 2.24. The summed E-state index contributed by atoms with van der Waals surface area (Å²) >= 11 is 0. The number of aryl methyl sites for hydroxylation is 1. The van der Waals surface area contributed by atoms with Gasteiger partial charge < -0.3 is 10.5 Å². The van der Waals surface area contributed by atoms with Crippen molar-refractivity contribution in [1.29, 1.82) is 0 Å². The van der Waals surface area contributed by atoms with Crippen molar-refractivity contribution in [1.82, 2.24) is 9.38 Å². The average molecular weight is 271 g/mol. The van der Waals surface area contributed by atoms with Crippen molar-refractivity contribution in [2.75, 3.05) is 12.8 Å². The number of nitrogens with zero attached hydrogens (tertiary/aromatic N) is 2. The molecule has 0 spiro atoms. The minimum absolute atomic E-state index is 0.357. The van der Waals surface area contributed by atoms with Gasteiger partial charge >= 0.3 is 0 Å². The summed E-state index contributed by atoms with van der Waals surface area (Å²) in [4.78, 5) is 4.46. The Morgan fingerprint density at radius 2 is 2.05 bits per heavy atom. The highest BCUT2D eigenvalue weighted by atomic mass is 19.1. The predicted molar refractivity (Wildman–Crippen MR) is 76.3 cm³/mol. The van der Waals surface area contributed by atoms with E-state index in [1.807, 2.05) is 25.1 Å². The van der Waals surface area contributed by atoms with Crippen molar-refractivity contribution < 1.29 is 9.13 Å². The molecule has 2 heterocycles. The van der Waals surface area contributed by atoms with Crippen molar-refractivity contribution in [3.63, 3.8) is 0 Å². The third kappa shape index (κ3) is 1.87. The van der Waals surface area contributed by atoms with Crippen LogP contribution in [0.1, 0.15) is 5.56 Å². The summed E-state index contributed by atoms with van der Waals surface area (Å²) < 4.78 is 20.2. The number of ether oxygens (including phenoxy) is 1. The van der Waals surface area contributed by atoms with Gasteiger partial charge in [0.15, 0.2) is 0 Å². The van der Waals surface area contributed by atoms with E-state index in [9.17, 15) is 4.39 Å². The molecule has 3 rings (SSSR count). The molecule has 0 bridgehead atoms. The summed E-state index contributed by atoms with van der Waals surface area (Å²) in [7, 11) is 1.60. The molecular weight excluding hydrogens is 257 g/mol. The maximum absolute atomic E-state index is 13.3. The SMILES string of the molecule is COc1ccc(C)cc1-c1nc2ccc(F)cn2c1N. The molecular formula is C15H14FN3O. The van der Waals surface area contributed by atoms with Gasteiger partial charge in [0, 0.05) is 11.8 Å². The molecule has 0 saturated heterocycles. The topological polar surface area (TPSA) is 52.5 Å². The van der Waals surface area contributed by atoms with Gasteiger partial charge in [0.1, 0.15) is 28.7 Å². The van der Waals surface area contributed by atoms with Crippen LogP contribution in [-0.2, 0) is 0 Å². The van der Waals surface area contributed by atoms with Crippen molar-refractivity contribution in [2.24, 2.45) is 0 Å². The number of methoxy groups -OCH3 is 1. The van der Waals surface area contributed by atoms with E-state index in [1.165, 1.54) is 16.7 Å². The maximum atomic E-state index is 13.3. The first kappa shape index (κ1) is 12.5. The number of rotatable bonds is 2.